The zero-order valence-electron chi connectivity index (χ0n) is 16.8. The average Bonchev–Trinajstić information content (AvgIpc) is 2.86. The Kier molecular flexibility index (Phi) is 6.48. The lowest BCUT2D eigenvalue weighted by Gasteiger charge is -2.15. The molecule has 0 saturated heterocycles. The number of aromatic nitrogens is 2. The van der Waals surface area contributed by atoms with Crippen LogP contribution in [0.25, 0.3) is 11.0 Å². The van der Waals surface area contributed by atoms with Crippen molar-refractivity contribution in [3.63, 3.8) is 0 Å². The van der Waals surface area contributed by atoms with Gasteiger partial charge in [0, 0.05) is 27.6 Å². The van der Waals surface area contributed by atoms with Gasteiger partial charge in [0.05, 0.1) is 22.3 Å². The third-order valence-electron chi connectivity index (χ3n) is 4.07. The molecule has 0 saturated carbocycles. The monoisotopic (exact) mass is 435 g/mol. The normalized spacial score (nSPS) is 12.8. The van der Waals surface area contributed by atoms with Crippen LogP contribution in [-0.4, -0.2) is 55.0 Å². The van der Waals surface area contributed by atoms with Crippen molar-refractivity contribution in [2.24, 2.45) is 13.0 Å². The van der Waals surface area contributed by atoms with E-state index in [0.29, 0.717) is 23.3 Å². The second-order valence-corrected chi connectivity index (χ2v) is 9.15. The highest BCUT2D eigenvalue weighted by molar-refractivity contribution is 7.90. The maximum absolute atomic E-state index is 12.5. The fourth-order valence-corrected chi connectivity index (χ4v) is 3.29. The highest BCUT2D eigenvalue weighted by Gasteiger charge is 2.29. The lowest BCUT2D eigenvalue weighted by Crippen LogP contribution is -2.34. The van der Waals surface area contributed by atoms with E-state index >= 15 is 0 Å². The Labute approximate surface area is 167 Å². The zero-order chi connectivity index (χ0) is 22.1. The molecule has 8 nitrogen and oxygen atoms in total. The Balaban J connectivity index is 2.60. The SMILES string of the molecule is CC(C)Cc1nc2cc(NS(=O)(=O)N(C)C)cc(C(=O)NCC(F)(F)F)c2n1C. The Morgan fingerprint density at radius 1 is 1.28 bits per heavy atom. The predicted molar refractivity (Wildman–Crippen MR) is 104 cm³/mol. The van der Waals surface area contributed by atoms with Crippen molar-refractivity contribution >= 4 is 32.8 Å². The molecule has 1 amide bonds. The van der Waals surface area contributed by atoms with Gasteiger partial charge >= 0.3 is 16.4 Å². The first-order chi connectivity index (χ1) is 13.2. The number of carbonyl (C=O) groups is 1. The van der Waals surface area contributed by atoms with Crippen LogP contribution in [0.3, 0.4) is 0 Å². The molecule has 0 radical (unpaired) electrons. The highest BCUT2D eigenvalue weighted by atomic mass is 32.2. The smallest absolute Gasteiger partial charge is 0.343 e. The van der Waals surface area contributed by atoms with E-state index in [1.54, 1.807) is 11.6 Å². The Morgan fingerprint density at radius 2 is 1.90 bits per heavy atom. The maximum Gasteiger partial charge on any atom is 0.405 e. The first-order valence-electron chi connectivity index (χ1n) is 8.76. The number of hydrogen-bond donors (Lipinski definition) is 2. The molecule has 12 heteroatoms. The minimum Gasteiger partial charge on any atom is -0.343 e. The second-order valence-electron chi connectivity index (χ2n) is 7.26. The average molecular weight is 435 g/mol. The van der Waals surface area contributed by atoms with Crippen LogP contribution in [0.15, 0.2) is 12.1 Å². The van der Waals surface area contributed by atoms with Gasteiger partial charge in [-0.15, -0.1) is 0 Å². The Morgan fingerprint density at radius 3 is 2.41 bits per heavy atom. The number of benzene rings is 1. The molecule has 0 aliphatic carbocycles. The van der Waals surface area contributed by atoms with E-state index in [2.05, 4.69) is 9.71 Å². The van der Waals surface area contributed by atoms with E-state index in [0.717, 1.165) is 4.31 Å². The molecule has 29 heavy (non-hydrogen) atoms. The molecule has 0 spiro atoms. The maximum atomic E-state index is 12.5. The van der Waals surface area contributed by atoms with Gasteiger partial charge in [-0.05, 0) is 18.1 Å². The van der Waals surface area contributed by atoms with Crippen molar-refractivity contribution in [1.82, 2.24) is 19.2 Å². The fraction of sp³-hybridized carbons (Fsp3) is 0.529. The van der Waals surface area contributed by atoms with Crippen molar-refractivity contribution in [2.75, 3.05) is 25.4 Å². The van der Waals surface area contributed by atoms with Crippen LogP contribution >= 0.6 is 0 Å². The molecule has 162 valence electrons. The number of alkyl halides is 3. The molecule has 1 heterocycles. The second kappa shape index (κ2) is 8.19. The molecule has 0 aliphatic heterocycles. The summed E-state index contributed by atoms with van der Waals surface area (Å²) in [5.41, 5.74) is 0.554. The number of nitrogens with one attached hydrogen (secondary N) is 2. The van der Waals surface area contributed by atoms with Gasteiger partial charge in [0.1, 0.15) is 12.4 Å². The molecule has 0 fully saturated rings. The summed E-state index contributed by atoms with van der Waals surface area (Å²) >= 11 is 0. The van der Waals surface area contributed by atoms with E-state index < -0.39 is 28.8 Å². The lowest BCUT2D eigenvalue weighted by atomic mass is 10.1. The standard InChI is InChI=1S/C17H24F3N5O3S/c1-10(2)6-14-22-13-8-11(23-29(27,28)24(3)4)7-12(15(13)25(14)5)16(26)21-9-17(18,19)20/h7-8,10,23H,6,9H2,1-5H3,(H,21,26). The van der Waals surface area contributed by atoms with Gasteiger partial charge in [-0.2, -0.15) is 25.9 Å². The molecule has 0 aliphatic rings. The van der Waals surface area contributed by atoms with E-state index in [-0.39, 0.29) is 17.2 Å². The van der Waals surface area contributed by atoms with Crippen molar-refractivity contribution in [3.8, 4) is 0 Å². The van der Waals surface area contributed by atoms with Gasteiger partial charge in [-0.3, -0.25) is 9.52 Å². The van der Waals surface area contributed by atoms with Crippen LogP contribution in [0.5, 0.6) is 0 Å². The molecule has 1 aromatic heterocycles. The topological polar surface area (TPSA) is 96.3 Å². The summed E-state index contributed by atoms with van der Waals surface area (Å²) in [6.45, 7) is 2.46. The summed E-state index contributed by atoms with van der Waals surface area (Å²) in [5.74, 6) is -0.0930. The molecular weight excluding hydrogens is 411 g/mol. The number of carbonyl (C=O) groups excluding carboxylic acids is 1. The highest BCUT2D eigenvalue weighted by Crippen LogP contribution is 2.27. The third kappa shape index (κ3) is 5.60. The largest absolute Gasteiger partial charge is 0.405 e. The van der Waals surface area contributed by atoms with Crippen LogP contribution in [0.2, 0.25) is 0 Å². The molecule has 1 aromatic carbocycles. The number of fused-ring (bicyclic) bond motifs is 1. The van der Waals surface area contributed by atoms with Crippen LogP contribution < -0.4 is 10.0 Å². The van der Waals surface area contributed by atoms with Crippen LogP contribution in [0.1, 0.15) is 30.0 Å². The van der Waals surface area contributed by atoms with E-state index in [4.69, 9.17) is 0 Å². The number of imidazole rings is 1. The third-order valence-corrected chi connectivity index (χ3v) is 5.53. The molecule has 0 atom stereocenters. The van der Waals surface area contributed by atoms with Gasteiger partial charge in [0.25, 0.3) is 5.91 Å². The minimum atomic E-state index is -4.58. The summed E-state index contributed by atoms with van der Waals surface area (Å²) in [6.07, 6.45) is -4.00. The first-order valence-corrected chi connectivity index (χ1v) is 10.2. The molecule has 2 rings (SSSR count). The minimum absolute atomic E-state index is 0.0255. The quantitative estimate of drug-likeness (QED) is 0.698. The molecule has 0 bridgehead atoms. The molecule has 2 N–H and O–H groups in total. The first kappa shape index (κ1) is 22.9. The number of anilines is 1. The number of amides is 1. The summed E-state index contributed by atoms with van der Waals surface area (Å²) in [6, 6.07) is 2.65. The summed E-state index contributed by atoms with van der Waals surface area (Å²) < 4.78 is 66.7. The molecular formula is C17H24F3N5O3S. The van der Waals surface area contributed by atoms with Crippen molar-refractivity contribution < 1.29 is 26.4 Å². The van der Waals surface area contributed by atoms with Crippen molar-refractivity contribution in [2.45, 2.75) is 26.4 Å². The van der Waals surface area contributed by atoms with E-state index in [9.17, 15) is 26.4 Å². The number of aryl methyl sites for hydroxylation is 1. The van der Waals surface area contributed by atoms with Gasteiger partial charge in [-0.1, -0.05) is 13.8 Å². The number of halogens is 3. The zero-order valence-corrected chi connectivity index (χ0v) is 17.6. The van der Waals surface area contributed by atoms with Crippen molar-refractivity contribution in [3.05, 3.63) is 23.5 Å². The van der Waals surface area contributed by atoms with Crippen LogP contribution in [0.4, 0.5) is 18.9 Å². The number of hydrogen-bond acceptors (Lipinski definition) is 4. The predicted octanol–water partition coefficient (Wildman–Crippen LogP) is 2.28. The Bertz CT molecular complexity index is 1010. The number of nitrogens with zero attached hydrogens (tertiary/aromatic N) is 3. The summed E-state index contributed by atoms with van der Waals surface area (Å²) in [5, 5.41) is 1.83. The van der Waals surface area contributed by atoms with Gasteiger partial charge in [-0.25, -0.2) is 4.98 Å². The lowest BCUT2D eigenvalue weighted by molar-refractivity contribution is -0.123. The molecule has 2 aromatic rings. The Hall–Kier alpha value is -2.34. The van der Waals surface area contributed by atoms with Crippen molar-refractivity contribution in [1.29, 1.82) is 0 Å². The van der Waals surface area contributed by atoms with Crippen LogP contribution in [0, 0.1) is 5.92 Å². The number of rotatable bonds is 7. The van der Waals surface area contributed by atoms with Gasteiger partial charge < -0.3 is 9.88 Å². The summed E-state index contributed by atoms with van der Waals surface area (Å²) in [7, 11) is 0.418. The van der Waals surface area contributed by atoms with Gasteiger partial charge in [0.2, 0.25) is 0 Å². The van der Waals surface area contributed by atoms with Gasteiger partial charge in [0.15, 0.2) is 0 Å². The van der Waals surface area contributed by atoms with Crippen LogP contribution in [-0.2, 0) is 23.7 Å². The summed E-state index contributed by atoms with van der Waals surface area (Å²) in [4.78, 5) is 17.0. The fourth-order valence-electron chi connectivity index (χ4n) is 2.70. The molecule has 0 unspecified atom stereocenters. The van der Waals surface area contributed by atoms with E-state index in [1.807, 2.05) is 19.2 Å². The van der Waals surface area contributed by atoms with E-state index in [1.165, 1.54) is 26.2 Å².